The Balaban J connectivity index is 2.03. The molecule has 22 heavy (non-hydrogen) atoms. The molecule has 0 heterocycles. The zero-order valence-corrected chi connectivity index (χ0v) is 12.4. The third kappa shape index (κ3) is 3.83. The van der Waals surface area contributed by atoms with Gasteiger partial charge in [0, 0.05) is 5.56 Å². The highest BCUT2D eigenvalue weighted by Crippen LogP contribution is 2.23. The van der Waals surface area contributed by atoms with E-state index in [9.17, 15) is 14.3 Å². The molecule has 0 fully saturated rings. The topological polar surface area (TPSA) is 55.8 Å². The number of ether oxygens (including phenoxy) is 2. The molecule has 2 aromatic carbocycles. The summed E-state index contributed by atoms with van der Waals surface area (Å²) in [4.78, 5) is 11.3. The van der Waals surface area contributed by atoms with Crippen molar-refractivity contribution in [2.75, 3.05) is 13.7 Å². The van der Waals surface area contributed by atoms with Crippen LogP contribution in [0, 0.1) is 5.82 Å². The minimum atomic E-state index is -0.985. The molecule has 1 unspecified atom stereocenters. The van der Waals surface area contributed by atoms with Gasteiger partial charge in [0.15, 0.2) is 17.3 Å². The van der Waals surface area contributed by atoms with Gasteiger partial charge in [0.05, 0.1) is 7.11 Å². The van der Waals surface area contributed by atoms with Crippen molar-refractivity contribution in [1.82, 2.24) is 0 Å². The first-order chi connectivity index (χ1) is 10.5. The van der Waals surface area contributed by atoms with E-state index in [1.165, 1.54) is 26.2 Å². The molecule has 1 atom stereocenters. The maximum atomic E-state index is 13.6. The largest absolute Gasteiger partial charge is 0.494 e. The predicted molar refractivity (Wildman–Crippen MR) is 79.9 cm³/mol. The van der Waals surface area contributed by atoms with E-state index in [1.807, 2.05) is 0 Å². The number of hydrogen-bond donors (Lipinski definition) is 1. The molecule has 0 radical (unpaired) electrons. The predicted octanol–water partition coefficient (Wildman–Crippen LogP) is 3.15. The van der Waals surface area contributed by atoms with Crippen molar-refractivity contribution in [2.45, 2.75) is 13.0 Å². The summed E-state index contributed by atoms with van der Waals surface area (Å²) in [5.74, 6) is -0.0207. The van der Waals surface area contributed by atoms with Gasteiger partial charge >= 0.3 is 0 Å². The van der Waals surface area contributed by atoms with E-state index in [4.69, 9.17) is 9.47 Å². The number of rotatable bonds is 6. The van der Waals surface area contributed by atoms with Gasteiger partial charge in [0.2, 0.25) is 0 Å². The zero-order chi connectivity index (χ0) is 16.1. The van der Waals surface area contributed by atoms with Gasteiger partial charge in [-0.3, -0.25) is 4.79 Å². The number of benzene rings is 2. The van der Waals surface area contributed by atoms with E-state index in [-0.39, 0.29) is 18.1 Å². The van der Waals surface area contributed by atoms with Crippen LogP contribution in [0.5, 0.6) is 11.5 Å². The van der Waals surface area contributed by atoms with Crippen molar-refractivity contribution in [3.05, 3.63) is 59.4 Å². The van der Waals surface area contributed by atoms with Crippen molar-refractivity contribution in [3.63, 3.8) is 0 Å². The molecule has 2 aromatic rings. The average molecular weight is 304 g/mol. The van der Waals surface area contributed by atoms with Gasteiger partial charge in [-0.2, -0.15) is 0 Å². The molecule has 0 saturated heterocycles. The smallest absolute Gasteiger partial charge is 0.165 e. The summed E-state index contributed by atoms with van der Waals surface area (Å²) in [6, 6.07) is 10.9. The van der Waals surface area contributed by atoms with Gasteiger partial charge in [0.25, 0.3) is 0 Å². The fraction of sp³-hybridized carbons (Fsp3) is 0.235. The summed E-state index contributed by atoms with van der Waals surface area (Å²) in [7, 11) is 1.37. The standard InChI is InChI=1S/C17H17FO4/c1-11(19)12-4-3-5-14(8-12)22-10-16(20)13-6-7-17(21-2)15(18)9-13/h3-9,16,20H,10H2,1-2H3. The second-order valence-electron chi connectivity index (χ2n) is 4.80. The van der Waals surface area contributed by atoms with Crippen LogP contribution in [0.3, 0.4) is 0 Å². The summed E-state index contributed by atoms with van der Waals surface area (Å²) in [6.45, 7) is 1.42. The Kier molecular flexibility index (Phi) is 5.12. The summed E-state index contributed by atoms with van der Waals surface area (Å²) >= 11 is 0. The molecule has 0 amide bonds. The van der Waals surface area contributed by atoms with Gasteiger partial charge in [-0.15, -0.1) is 0 Å². The van der Waals surface area contributed by atoms with Crippen molar-refractivity contribution < 1.29 is 23.8 Å². The molecule has 0 aromatic heterocycles. The fourth-order valence-electron chi connectivity index (χ4n) is 1.97. The van der Waals surface area contributed by atoms with Crippen LogP contribution in [0.4, 0.5) is 4.39 Å². The lowest BCUT2D eigenvalue weighted by molar-refractivity contribution is 0.101. The van der Waals surface area contributed by atoms with E-state index >= 15 is 0 Å². The van der Waals surface area contributed by atoms with Crippen molar-refractivity contribution in [3.8, 4) is 11.5 Å². The van der Waals surface area contributed by atoms with Crippen LogP contribution in [-0.2, 0) is 0 Å². The normalized spacial score (nSPS) is 11.8. The first-order valence-corrected chi connectivity index (χ1v) is 6.76. The first-order valence-electron chi connectivity index (χ1n) is 6.76. The molecular formula is C17H17FO4. The third-order valence-corrected chi connectivity index (χ3v) is 3.21. The van der Waals surface area contributed by atoms with Crippen molar-refractivity contribution in [1.29, 1.82) is 0 Å². The van der Waals surface area contributed by atoms with Crippen LogP contribution in [0.15, 0.2) is 42.5 Å². The van der Waals surface area contributed by atoms with E-state index in [0.717, 1.165) is 0 Å². The second kappa shape index (κ2) is 7.04. The highest BCUT2D eigenvalue weighted by atomic mass is 19.1. The Hall–Kier alpha value is -2.40. The number of carbonyl (C=O) groups excluding carboxylic acids is 1. The lowest BCUT2D eigenvalue weighted by Crippen LogP contribution is -2.10. The van der Waals surface area contributed by atoms with Crippen LogP contribution in [0.1, 0.15) is 28.9 Å². The van der Waals surface area contributed by atoms with Gasteiger partial charge in [-0.25, -0.2) is 4.39 Å². The Morgan fingerprint density at radius 3 is 2.68 bits per heavy atom. The van der Waals surface area contributed by atoms with Crippen molar-refractivity contribution in [2.24, 2.45) is 0 Å². The molecule has 116 valence electrons. The molecule has 2 rings (SSSR count). The summed E-state index contributed by atoms with van der Waals surface area (Å²) in [5.41, 5.74) is 0.920. The summed E-state index contributed by atoms with van der Waals surface area (Å²) in [5, 5.41) is 10.0. The van der Waals surface area contributed by atoms with E-state index < -0.39 is 11.9 Å². The van der Waals surface area contributed by atoms with Crippen LogP contribution in [0.2, 0.25) is 0 Å². The van der Waals surface area contributed by atoms with Crippen LogP contribution in [0.25, 0.3) is 0 Å². The average Bonchev–Trinajstić information content (AvgIpc) is 2.52. The number of aliphatic hydroxyl groups excluding tert-OH is 1. The lowest BCUT2D eigenvalue weighted by Gasteiger charge is -2.14. The van der Waals surface area contributed by atoms with Crippen LogP contribution >= 0.6 is 0 Å². The molecule has 0 aliphatic rings. The second-order valence-corrected chi connectivity index (χ2v) is 4.80. The molecule has 0 aliphatic heterocycles. The minimum absolute atomic E-state index is 0.0485. The van der Waals surface area contributed by atoms with Crippen molar-refractivity contribution >= 4 is 5.78 Å². The molecule has 5 heteroatoms. The van der Waals surface area contributed by atoms with Crippen LogP contribution < -0.4 is 9.47 Å². The third-order valence-electron chi connectivity index (χ3n) is 3.21. The maximum Gasteiger partial charge on any atom is 0.165 e. The molecule has 0 aliphatic carbocycles. The number of aliphatic hydroxyl groups is 1. The van der Waals surface area contributed by atoms with Gasteiger partial charge in [-0.05, 0) is 36.8 Å². The molecular weight excluding hydrogens is 287 g/mol. The number of carbonyl (C=O) groups is 1. The highest BCUT2D eigenvalue weighted by Gasteiger charge is 2.12. The monoisotopic (exact) mass is 304 g/mol. The molecule has 4 nitrogen and oxygen atoms in total. The van der Waals surface area contributed by atoms with Gasteiger partial charge in [0.1, 0.15) is 18.5 Å². The Morgan fingerprint density at radius 2 is 2.05 bits per heavy atom. The Morgan fingerprint density at radius 1 is 1.27 bits per heavy atom. The van der Waals surface area contributed by atoms with Crippen LogP contribution in [-0.4, -0.2) is 24.6 Å². The molecule has 0 saturated carbocycles. The van der Waals surface area contributed by atoms with E-state index in [0.29, 0.717) is 16.9 Å². The summed E-state index contributed by atoms with van der Waals surface area (Å²) < 4.78 is 23.9. The Labute approximate surface area is 128 Å². The van der Waals surface area contributed by atoms with E-state index in [2.05, 4.69) is 0 Å². The van der Waals surface area contributed by atoms with Gasteiger partial charge in [-0.1, -0.05) is 18.2 Å². The van der Waals surface area contributed by atoms with Gasteiger partial charge < -0.3 is 14.6 Å². The van der Waals surface area contributed by atoms with E-state index in [1.54, 1.807) is 30.3 Å². The first kappa shape index (κ1) is 16.0. The number of halogens is 1. The maximum absolute atomic E-state index is 13.6. The lowest BCUT2D eigenvalue weighted by atomic mass is 10.1. The number of ketones is 1. The quantitative estimate of drug-likeness (QED) is 0.833. The Bertz CT molecular complexity index is 669. The fourth-order valence-corrected chi connectivity index (χ4v) is 1.97. The zero-order valence-electron chi connectivity index (χ0n) is 12.4. The summed E-state index contributed by atoms with van der Waals surface area (Å²) in [6.07, 6.45) is -0.985. The number of hydrogen-bond acceptors (Lipinski definition) is 4. The highest BCUT2D eigenvalue weighted by molar-refractivity contribution is 5.94. The molecule has 1 N–H and O–H groups in total. The molecule has 0 bridgehead atoms. The number of methoxy groups -OCH3 is 1. The SMILES string of the molecule is COc1ccc(C(O)COc2cccc(C(C)=O)c2)cc1F. The molecule has 0 spiro atoms. The number of Topliss-reactive ketones (excluding diaryl/α,β-unsaturated/α-hetero) is 1. The minimum Gasteiger partial charge on any atom is -0.494 e.